The molecule has 0 spiro atoms. The lowest BCUT2D eigenvalue weighted by Crippen LogP contribution is -2.21. The van der Waals surface area contributed by atoms with Crippen molar-refractivity contribution in [1.29, 1.82) is 0 Å². The molecule has 5 nitrogen and oxygen atoms in total. The monoisotopic (exact) mass is 328 g/mol. The van der Waals surface area contributed by atoms with Crippen LogP contribution < -0.4 is 11.1 Å². The average molecular weight is 329 g/mol. The summed E-state index contributed by atoms with van der Waals surface area (Å²) in [4.78, 5) is 22.8. The van der Waals surface area contributed by atoms with Gasteiger partial charge in [0.1, 0.15) is 0 Å². The molecule has 1 amide bonds. The molecule has 1 aromatic rings. The molecule has 0 fully saturated rings. The second-order valence-corrected chi connectivity index (χ2v) is 5.12. The Morgan fingerprint density at radius 3 is 2.68 bits per heavy atom. The fourth-order valence-corrected chi connectivity index (χ4v) is 2.05. The van der Waals surface area contributed by atoms with E-state index in [0.717, 1.165) is 6.42 Å². The number of benzene rings is 1. The van der Waals surface area contributed by atoms with E-state index >= 15 is 0 Å². The predicted octanol–water partition coefficient (Wildman–Crippen LogP) is 2.46. The largest absolute Gasteiger partial charge is 0.478 e. The molecule has 1 atom stereocenters. The Morgan fingerprint density at radius 2 is 2.16 bits per heavy atom. The summed E-state index contributed by atoms with van der Waals surface area (Å²) in [6.45, 7) is 2.44. The highest BCUT2D eigenvalue weighted by molar-refractivity contribution is 9.10. The van der Waals surface area contributed by atoms with Crippen LogP contribution in [0.5, 0.6) is 0 Å². The van der Waals surface area contributed by atoms with Crippen LogP contribution in [0.25, 0.3) is 0 Å². The van der Waals surface area contributed by atoms with Crippen molar-refractivity contribution in [2.24, 2.45) is 11.7 Å². The summed E-state index contributed by atoms with van der Waals surface area (Å²) >= 11 is 3.15. The molecule has 0 saturated carbocycles. The maximum absolute atomic E-state index is 11.8. The van der Waals surface area contributed by atoms with Gasteiger partial charge in [0.25, 0.3) is 0 Å². The highest BCUT2D eigenvalue weighted by Crippen LogP contribution is 2.21. The van der Waals surface area contributed by atoms with E-state index < -0.39 is 5.97 Å². The predicted molar refractivity (Wildman–Crippen MR) is 77.2 cm³/mol. The Kier molecular flexibility index (Phi) is 5.98. The maximum Gasteiger partial charge on any atom is 0.336 e. The zero-order chi connectivity index (χ0) is 14.4. The van der Waals surface area contributed by atoms with Crippen molar-refractivity contribution in [2.45, 2.75) is 19.8 Å². The van der Waals surface area contributed by atoms with Gasteiger partial charge in [0, 0.05) is 16.6 Å². The first-order valence-corrected chi connectivity index (χ1v) is 6.80. The molecule has 19 heavy (non-hydrogen) atoms. The van der Waals surface area contributed by atoms with Crippen molar-refractivity contribution in [2.75, 3.05) is 11.9 Å². The van der Waals surface area contributed by atoms with Crippen LogP contribution in [0.1, 0.15) is 30.1 Å². The van der Waals surface area contributed by atoms with Gasteiger partial charge < -0.3 is 16.2 Å². The first-order chi connectivity index (χ1) is 8.97. The molecule has 0 radical (unpaired) electrons. The fourth-order valence-electron chi connectivity index (χ4n) is 1.64. The van der Waals surface area contributed by atoms with Gasteiger partial charge in [-0.1, -0.05) is 13.3 Å². The van der Waals surface area contributed by atoms with Gasteiger partial charge >= 0.3 is 5.97 Å². The lowest BCUT2D eigenvalue weighted by molar-refractivity contribution is -0.117. The standard InChI is InChI=1S/C13H17BrN2O3/c1-2-8(7-15)5-12(17)16-9-3-4-11(14)10(6-9)13(18)19/h3-4,6,8H,2,5,7,15H2,1H3,(H,16,17)(H,18,19). The molecule has 104 valence electrons. The average Bonchev–Trinajstić information content (AvgIpc) is 2.37. The van der Waals surface area contributed by atoms with Crippen molar-refractivity contribution in [3.05, 3.63) is 28.2 Å². The molecule has 6 heteroatoms. The Hall–Kier alpha value is -1.40. The van der Waals surface area contributed by atoms with Crippen molar-refractivity contribution >= 4 is 33.5 Å². The molecule has 0 aliphatic heterocycles. The third-order valence-electron chi connectivity index (χ3n) is 2.87. The van der Waals surface area contributed by atoms with Gasteiger partial charge in [0.05, 0.1) is 5.56 Å². The van der Waals surface area contributed by atoms with Crippen LogP contribution in [0.4, 0.5) is 5.69 Å². The molecule has 0 aliphatic rings. The zero-order valence-electron chi connectivity index (χ0n) is 10.6. The molecule has 0 aromatic heterocycles. The summed E-state index contributed by atoms with van der Waals surface area (Å²) in [6.07, 6.45) is 1.18. The van der Waals surface area contributed by atoms with Gasteiger partial charge in [-0.25, -0.2) is 4.79 Å². The number of aromatic carboxylic acids is 1. The van der Waals surface area contributed by atoms with Crippen molar-refractivity contribution in [1.82, 2.24) is 0 Å². The van der Waals surface area contributed by atoms with Crippen LogP contribution >= 0.6 is 15.9 Å². The second-order valence-electron chi connectivity index (χ2n) is 4.26. The normalized spacial score (nSPS) is 11.9. The highest BCUT2D eigenvalue weighted by atomic mass is 79.9. The quantitative estimate of drug-likeness (QED) is 0.747. The van der Waals surface area contributed by atoms with E-state index in [-0.39, 0.29) is 17.4 Å². The number of nitrogens with two attached hydrogens (primary N) is 1. The number of carboxylic acids is 1. The summed E-state index contributed by atoms with van der Waals surface area (Å²) in [6, 6.07) is 4.67. The van der Waals surface area contributed by atoms with Gasteiger partial charge in [0.15, 0.2) is 0 Å². The van der Waals surface area contributed by atoms with Gasteiger partial charge in [0.2, 0.25) is 5.91 Å². The number of rotatable bonds is 6. The number of halogens is 1. The van der Waals surface area contributed by atoms with Crippen molar-refractivity contribution < 1.29 is 14.7 Å². The number of hydrogen-bond donors (Lipinski definition) is 3. The van der Waals surface area contributed by atoms with Crippen molar-refractivity contribution in [3.63, 3.8) is 0 Å². The van der Waals surface area contributed by atoms with E-state index in [1.54, 1.807) is 12.1 Å². The van der Waals surface area contributed by atoms with Gasteiger partial charge in [-0.2, -0.15) is 0 Å². The minimum atomic E-state index is -1.05. The van der Waals surface area contributed by atoms with Gasteiger partial charge in [-0.05, 0) is 46.6 Å². The number of hydrogen-bond acceptors (Lipinski definition) is 3. The van der Waals surface area contributed by atoms with Crippen LogP contribution in [-0.4, -0.2) is 23.5 Å². The zero-order valence-corrected chi connectivity index (χ0v) is 12.2. The lowest BCUT2D eigenvalue weighted by Gasteiger charge is -2.12. The number of carbonyl (C=O) groups is 2. The van der Waals surface area contributed by atoms with Gasteiger partial charge in [-0.3, -0.25) is 4.79 Å². The van der Waals surface area contributed by atoms with Crippen LogP contribution in [0, 0.1) is 5.92 Å². The van der Waals surface area contributed by atoms with Crippen LogP contribution in [0.3, 0.4) is 0 Å². The number of carboxylic acid groups (broad SMARTS) is 1. The van der Waals surface area contributed by atoms with Crippen molar-refractivity contribution in [3.8, 4) is 0 Å². The summed E-state index contributed by atoms with van der Waals surface area (Å²) in [5.41, 5.74) is 6.13. The summed E-state index contributed by atoms with van der Waals surface area (Å²) in [7, 11) is 0. The summed E-state index contributed by atoms with van der Waals surface area (Å²) < 4.78 is 0.478. The molecule has 1 unspecified atom stereocenters. The SMILES string of the molecule is CCC(CN)CC(=O)Nc1ccc(Br)c(C(=O)O)c1. The van der Waals surface area contributed by atoms with Crippen LogP contribution in [0.2, 0.25) is 0 Å². The molecule has 0 saturated heterocycles. The van der Waals surface area contributed by atoms with E-state index in [1.165, 1.54) is 6.07 Å². The summed E-state index contributed by atoms with van der Waals surface area (Å²) in [5.74, 6) is -1.05. The number of carbonyl (C=O) groups excluding carboxylic acids is 1. The molecular formula is C13H17BrN2O3. The fraction of sp³-hybridized carbons (Fsp3) is 0.385. The Morgan fingerprint density at radius 1 is 1.47 bits per heavy atom. The third kappa shape index (κ3) is 4.65. The first kappa shape index (κ1) is 15.7. The smallest absolute Gasteiger partial charge is 0.336 e. The Bertz CT molecular complexity index is 473. The molecule has 0 aliphatic carbocycles. The Balaban J connectivity index is 2.74. The van der Waals surface area contributed by atoms with E-state index in [0.29, 0.717) is 23.1 Å². The number of anilines is 1. The molecular weight excluding hydrogens is 312 g/mol. The van der Waals surface area contributed by atoms with E-state index in [2.05, 4.69) is 21.2 Å². The molecule has 1 rings (SSSR count). The minimum absolute atomic E-state index is 0.115. The molecule has 4 N–H and O–H groups in total. The topological polar surface area (TPSA) is 92.4 Å². The lowest BCUT2D eigenvalue weighted by atomic mass is 10.0. The summed E-state index contributed by atoms with van der Waals surface area (Å²) in [5, 5.41) is 11.7. The van der Waals surface area contributed by atoms with E-state index in [4.69, 9.17) is 10.8 Å². The number of nitrogens with one attached hydrogen (secondary N) is 1. The van der Waals surface area contributed by atoms with E-state index in [9.17, 15) is 9.59 Å². The van der Waals surface area contributed by atoms with E-state index in [1.807, 2.05) is 6.92 Å². The number of amides is 1. The van der Waals surface area contributed by atoms with Gasteiger partial charge in [-0.15, -0.1) is 0 Å². The first-order valence-electron chi connectivity index (χ1n) is 6.00. The minimum Gasteiger partial charge on any atom is -0.478 e. The molecule has 0 bridgehead atoms. The molecule has 0 heterocycles. The Labute approximate surface area is 120 Å². The maximum atomic E-state index is 11.8. The van der Waals surface area contributed by atoms with Crippen LogP contribution in [0.15, 0.2) is 22.7 Å². The van der Waals surface area contributed by atoms with Crippen LogP contribution in [-0.2, 0) is 4.79 Å². The third-order valence-corrected chi connectivity index (χ3v) is 3.56. The highest BCUT2D eigenvalue weighted by Gasteiger charge is 2.13. The molecule has 1 aromatic carbocycles. The second kappa shape index (κ2) is 7.25.